The number of benzene rings is 1. The van der Waals surface area contributed by atoms with Crippen LogP contribution in [0.1, 0.15) is 30.2 Å². The fourth-order valence-electron chi connectivity index (χ4n) is 2.83. The van der Waals surface area contributed by atoms with Crippen molar-refractivity contribution in [2.45, 2.75) is 25.0 Å². The second kappa shape index (κ2) is 7.73. The van der Waals surface area contributed by atoms with Gasteiger partial charge in [-0.15, -0.1) is 0 Å². The molecule has 7 nitrogen and oxygen atoms in total. The molecule has 7 heteroatoms. The van der Waals surface area contributed by atoms with E-state index in [0.29, 0.717) is 18.7 Å². The lowest BCUT2D eigenvalue weighted by molar-refractivity contribution is -0.143. The highest BCUT2D eigenvalue weighted by Crippen LogP contribution is 2.22. The van der Waals surface area contributed by atoms with Gasteiger partial charge in [-0.2, -0.15) is 5.26 Å². The second-order valence-corrected chi connectivity index (χ2v) is 5.80. The van der Waals surface area contributed by atoms with Gasteiger partial charge in [-0.3, -0.25) is 4.79 Å². The number of amides is 1. The zero-order valence-electron chi connectivity index (χ0n) is 13.6. The van der Waals surface area contributed by atoms with Crippen LogP contribution in [0, 0.1) is 11.3 Å². The summed E-state index contributed by atoms with van der Waals surface area (Å²) in [5, 5.41) is 19.4. The maximum absolute atomic E-state index is 12.6. The molecule has 0 spiro atoms. The molecule has 128 valence electrons. The number of carbonyl (C=O) groups excluding carboxylic acids is 1. The smallest absolute Gasteiger partial charge is 0.256 e. The van der Waals surface area contributed by atoms with Gasteiger partial charge in [-0.1, -0.05) is 30.3 Å². The fraction of sp³-hybridized carbons (Fsp3) is 0.333. The van der Waals surface area contributed by atoms with Crippen LogP contribution in [0.15, 0.2) is 42.7 Å². The Kier molecular flexibility index (Phi) is 5.21. The maximum atomic E-state index is 12.6. The van der Waals surface area contributed by atoms with Crippen LogP contribution in [0.5, 0.6) is 5.88 Å². The van der Waals surface area contributed by atoms with Crippen molar-refractivity contribution in [3.8, 4) is 11.9 Å². The Morgan fingerprint density at radius 3 is 2.84 bits per heavy atom. The molecule has 1 amide bonds. The number of nitriles is 1. The lowest BCUT2D eigenvalue weighted by atomic mass is 10.0. The number of aromatic nitrogens is 2. The lowest BCUT2D eigenvalue weighted by Crippen LogP contribution is -2.46. The molecule has 1 fully saturated rings. The SMILES string of the molecule is N#Cc1nccnc1O[C@@H]1CCCN(C(=O)[C@H](O)c2ccccc2)C1. The van der Waals surface area contributed by atoms with Gasteiger partial charge in [-0.05, 0) is 18.4 Å². The first kappa shape index (κ1) is 16.9. The Morgan fingerprint density at radius 2 is 2.08 bits per heavy atom. The predicted molar refractivity (Wildman–Crippen MR) is 88.4 cm³/mol. The molecular formula is C18H18N4O3. The van der Waals surface area contributed by atoms with Crippen molar-refractivity contribution in [3.05, 3.63) is 54.0 Å². The van der Waals surface area contributed by atoms with Gasteiger partial charge in [0.05, 0.1) is 6.54 Å². The molecule has 0 radical (unpaired) electrons. The number of carbonyl (C=O) groups is 1. The lowest BCUT2D eigenvalue weighted by Gasteiger charge is -2.33. The number of nitrogens with zero attached hydrogens (tertiary/aromatic N) is 4. The van der Waals surface area contributed by atoms with Crippen molar-refractivity contribution in [1.82, 2.24) is 14.9 Å². The van der Waals surface area contributed by atoms with Crippen molar-refractivity contribution in [2.24, 2.45) is 0 Å². The zero-order chi connectivity index (χ0) is 17.6. The van der Waals surface area contributed by atoms with Crippen LogP contribution < -0.4 is 4.74 Å². The number of piperidine rings is 1. The van der Waals surface area contributed by atoms with Crippen LogP contribution in [0.2, 0.25) is 0 Å². The second-order valence-electron chi connectivity index (χ2n) is 5.80. The Bertz CT molecular complexity index is 775. The van der Waals surface area contributed by atoms with Crippen LogP contribution in [0.4, 0.5) is 0 Å². The highest BCUT2D eigenvalue weighted by atomic mass is 16.5. The summed E-state index contributed by atoms with van der Waals surface area (Å²) in [4.78, 5) is 22.1. The Balaban J connectivity index is 1.67. The summed E-state index contributed by atoms with van der Waals surface area (Å²) in [6, 6.07) is 10.8. The summed E-state index contributed by atoms with van der Waals surface area (Å²) >= 11 is 0. The van der Waals surface area contributed by atoms with E-state index >= 15 is 0 Å². The van der Waals surface area contributed by atoms with E-state index < -0.39 is 6.10 Å². The summed E-state index contributed by atoms with van der Waals surface area (Å²) in [5.41, 5.74) is 0.687. The number of likely N-dealkylation sites (tertiary alicyclic amines) is 1. The molecule has 2 heterocycles. The molecule has 0 saturated carbocycles. The first-order chi connectivity index (χ1) is 12.2. The highest BCUT2D eigenvalue weighted by Gasteiger charge is 2.30. The number of hydrogen-bond donors (Lipinski definition) is 1. The molecule has 1 saturated heterocycles. The maximum Gasteiger partial charge on any atom is 0.256 e. The van der Waals surface area contributed by atoms with Gasteiger partial charge in [-0.25, -0.2) is 9.97 Å². The molecule has 0 aliphatic carbocycles. The monoisotopic (exact) mass is 338 g/mol. The first-order valence-electron chi connectivity index (χ1n) is 8.08. The standard InChI is InChI=1S/C18H18N4O3/c19-11-15-17(21-9-8-20-15)25-14-7-4-10-22(12-14)18(24)16(23)13-5-2-1-3-6-13/h1-3,5-6,8-9,14,16,23H,4,7,10,12H2/t14-,16-/m1/s1. The largest absolute Gasteiger partial charge is 0.470 e. The molecule has 1 aliphatic heterocycles. The average Bonchev–Trinajstić information content (AvgIpc) is 2.68. The minimum absolute atomic E-state index is 0.121. The van der Waals surface area contributed by atoms with Gasteiger partial charge < -0.3 is 14.7 Å². The topological polar surface area (TPSA) is 99.3 Å². The van der Waals surface area contributed by atoms with E-state index in [0.717, 1.165) is 12.8 Å². The van der Waals surface area contributed by atoms with Gasteiger partial charge in [0.25, 0.3) is 11.8 Å². The van der Waals surface area contributed by atoms with Crippen LogP contribution in [0.25, 0.3) is 0 Å². The summed E-state index contributed by atoms with van der Waals surface area (Å²) in [6.07, 6.45) is 2.90. The van der Waals surface area contributed by atoms with Crippen LogP contribution in [-0.4, -0.2) is 45.1 Å². The van der Waals surface area contributed by atoms with Crippen LogP contribution >= 0.6 is 0 Å². The van der Waals surface area contributed by atoms with Crippen LogP contribution in [0.3, 0.4) is 0 Å². The van der Waals surface area contributed by atoms with E-state index in [1.807, 2.05) is 12.1 Å². The van der Waals surface area contributed by atoms with Gasteiger partial charge in [0.1, 0.15) is 12.2 Å². The van der Waals surface area contributed by atoms with Gasteiger partial charge >= 0.3 is 0 Å². The third kappa shape index (κ3) is 3.92. The molecule has 3 rings (SSSR count). The summed E-state index contributed by atoms with van der Waals surface area (Å²) in [6.45, 7) is 0.901. The van der Waals surface area contributed by atoms with E-state index in [-0.39, 0.29) is 23.6 Å². The predicted octanol–water partition coefficient (Wildman–Crippen LogP) is 1.45. The Hall–Kier alpha value is -2.98. The quantitative estimate of drug-likeness (QED) is 0.906. The number of aliphatic hydroxyl groups is 1. The normalized spacial score (nSPS) is 18.2. The highest BCUT2D eigenvalue weighted by molar-refractivity contribution is 5.82. The molecule has 2 aromatic rings. The molecule has 2 atom stereocenters. The molecule has 0 bridgehead atoms. The van der Waals surface area contributed by atoms with Crippen LogP contribution in [-0.2, 0) is 4.79 Å². The first-order valence-corrected chi connectivity index (χ1v) is 8.08. The minimum Gasteiger partial charge on any atom is -0.470 e. The van der Waals surface area contributed by atoms with Crippen molar-refractivity contribution >= 4 is 5.91 Å². The molecule has 1 N–H and O–H groups in total. The molecule has 0 unspecified atom stereocenters. The number of ether oxygens (including phenoxy) is 1. The molecule has 25 heavy (non-hydrogen) atoms. The molecule has 1 aliphatic rings. The number of aliphatic hydroxyl groups excluding tert-OH is 1. The minimum atomic E-state index is -1.19. The Labute approximate surface area is 145 Å². The van der Waals surface area contributed by atoms with Crippen molar-refractivity contribution in [1.29, 1.82) is 5.26 Å². The Morgan fingerprint density at radius 1 is 1.32 bits per heavy atom. The zero-order valence-corrected chi connectivity index (χ0v) is 13.6. The summed E-state index contributed by atoms with van der Waals surface area (Å²) < 4.78 is 5.77. The van der Waals surface area contributed by atoms with E-state index in [1.165, 1.54) is 12.4 Å². The van der Waals surface area contributed by atoms with Crippen molar-refractivity contribution in [2.75, 3.05) is 13.1 Å². The van der Waals surface area contributed by atoms with E-state index in [4.69, 9.17) is 10.00 Å². The van der Waals surface area contributed by atoms with Gasteiger partial charge in [0.15, 0.2) is 6.10 Å². The van der Waals surface area contributed by atoms with Crippen molar-refractivity contribution in [3.63, 3.8) is 0 Å². The van der Waals surface area contributed by atoms with E-state index in [2.05, 4.69) is 9.97 Å². The van der Waals surface area contributed by atoms with E-state index in [1.54, 1.807) is 29.2 Å². The van der Waals surface area contributed by atoms with Gasteiger partial charge in [0.2, 0.25) is 5.69 Å². The molecular weight excluding hydrogens is 320 g/mol. The molecule has 1 aromatic carbocycles. The fourth-order valence-corrected chi connectivity index (χ4v) is 2.83. The van der Waals surface area contributed by atoms with Gasteiger partial charge in [0, 0.05) is 18.9 Å². The number of hydrogen-bond acceptors (Lipinski definition) is 6. The van der Waals surface area contributed by atoms with E-state index in [9.17, 15) is 9.90 Å². The summed E-state index contributed by atoms with van der Waals surface area (Å²) in [7, 11) is 0. The third-order valence-corrected chi connectivity index (χ3v) is 4.09. The molecule has 1 aromatic heterocycles. The third-order valence-electron chi connectivity index (χ3n) is 4.09. The average molecular weight is 338 g/mol. The summed E-state index contributed by atoms with van der Waals surface area (Å²) in [5.74, 6) is -0.174. The van der Waals surface area contributed by atoms with Crippen molar-refractivity contribution < 1.29 is 14.6 Å². The number of rotatable bonds is 4.